The van der Waals surface area contributed by atoms with Crippen molar-refractivity contribution in [3.8, 4) is 0 Å². The standard InChI is InChI=1S/C14H23N5O/c1-18-10-15-17-13(18)9-19-7-3-6-12(8-19)16-14(20)11-4-2-5-11/h10-12H,2-9H2,1H3,(H,16,20). The maximum Gasteiger partial charge on any atom is 0.223 e. The third-order valence-corrected chi connectivity index (χ3v) is 4.50. The lowest BCUT2D eigenvalue weighted by molar-refractivity contribution is -0.128. The molecule has 1 aliphatic carbocycles. The Balaban J connectivity index is 1.51. The van der Waals surface area contributed by atoms with E-state index in [1.54, 1.807) is 6.33 Å². The van der Waals surface area contributed by atoms with Gasteiger partial charge in [-0.1, -0.05) is 6.42 Å². The van der Waals surface area contributed by atoms with Gasteiger partial charge in [0, 0.05) is 25.6 Å². The topological polar surface area (TPSA) is 63.1 Å². The molecule has 2 fully saturated rings. The predicted molar refractivity (Wildman–Crippen MR) is 74.8 cm³/mol. The highest BCUT2D eigenvalue weighted by atomic mass is 16.2. The number of nitrogens with one attached hydrogen (secondary N) is 1. The van der Waals surface area contributed by atoms with Gasteiger partial charge in [0.05, 0.1) is 6.54 Å². The van der Waals surface area contributed by atoms with Crippen molar-refractivity contribution in [3.05, 3.63) is 12.2 Å². The fourth-order valence-electron chi connectivity index (χ4n) is 2.96. The number of hydrogen-bond donors (Lipinski definition) is 1. The molecular weight excluding hydrogens is 254 g/mol. The molecule has 20 heavy (non-hydrogen) atoms. The Bertz CT molecular complexity index is 468. The predicted octanol–water partition coefficient (Wildman–Crippen LogP) is 0.696. The monoisotopic (exact) mass is 277 g/mol. The molecule has 110 valence electrons. The fraction of sp³-hybridized carbons (Fsp3) is 0.786. The number of rotatable bonds is 4. The number of amides is 1. The second-order valence-electron chi connectivity index (χ2n) is 6.07. The van der Waals surface area contributed by atoms with Gasteiger partial charge in [-0.25, -0.2) is 0 Å². The molecule has 0 bridgehead atoms. The number of nitrogens with zero attached hydrogens (tertiary/aromatic N) is 4. The molecule has 1 amide bonds. The van der Waals surface area contributed by atoms with Crippen LogP contribution in [0.5, 0.6) is 0 Å². The average Bonchev–Trinajstić information content (AvgIpc) is 2.73. The summed E-state index contributed by atoms with van der Waals surface area (Å²) in [6, 6.07) is 0.296. The molecular formula is C14H23N5O. The first-order valence-electron chi connectivity index (χ1n) is 7.58. The Morgan fingerprint density at radius 2 is 2.25 bits per heavy atom. The van der Waals surface area contributed by atoms with Gasteiger partial charge in [-0.15, -0.1) is 10.2 Å². The lowest BCUT2D eigenvalue weighted by Gasteiger charge is -2.34. The summed E-state index contributed by atoms with van der Waals surface area (Å²) in [6.07, 6.45) is 7.31. The molecule has 1 N–H and O–H groups in total. The highest BCUT2D eigenvalue weighted by Crippen LogP contribution is 2.26. The molecule has 2 aliphatic rings. The van der Waals surface area contributed by atoms with Crippen LogP contribution in [0.25, 0.3) is 0 Å². The van der Waals surface area contributed by atoms with Gasteiger partial charge in [0.1, 0.15) is 12.2 Å². The van der Waals surface area contributed by atoms with E-state index in [4.69, 9.17) is 0 Å². The maximum atomic E-state index is 12.0. The summed E-state index contributed by atoms with van der Waals surface area (Å²) in [6.45, 7) is 2.81. The quantitative estimate of drug-likeness (QED) is 0.880. The highest BCUT2D eigenvalue weighted by Gasteiger charge is 2.28. The van der Waals surface area contributed by atoms with Crippen LogP contribution in [-0.4, -0.2) is 44.7 Å². The zero-order chi connectivity index (χ0) is 13.9. The first kappa shape index (κ1) is 13.5. The van der Waals surface area contributed by atoms with Crippen LogP contribution < -0.4 is 5.32 Å². The number of aromatic nitrogens is 3. The van der Waals surface area contributed by atoms with E-state index in [0.717, 1.165) is 51.1 Å². The molecule has 6 heteroatoms. The molecule has 0 spiro atoms. The van der Waals surface area contributed by atoms with Crippen LogP contribution >= 0.6 is 0 Å². The van der Waals surface area contributed by atoms with Crippen LogP contribution in [0.4, 0.5) is 0 Å². The molecule has 0 radical (unpaired) electrons. The van der Waals surface area contributed by atoms with Crippen molar-refractivity contribution in [2.24, 2.45) is 13.0 Å². The lowest BCUT2D eigenvalue weighted by atomic mass is 9.84. The fourth-order valence-corrected chi connectivity index (χ4v) is 2.96. The molecule has 2 heterocycles. The van der Waals surface area contributed by atoms with Gasteiger partial charge in [-0.05, 0) is 32.2 Å². The van der Waals surface area contributed by atoms with Crippen molar-refractivity contribution in [2.45, 2.75) is 44.7 Å². The number of likely N-dealkylation sites (tertiary alicyclic amines) is 1. The van der Waals surface area contributed by atoms with Crippen molar-refractivity contribution in [1.29, 1.82) is 0 Å². The van der Waals surface area contributed by atoms with Crippen molar-refractivity contribution in [1.82, 2.24) is 25.0 Å². The van der Waals surface area contributed by atoms with E-state index < -0.39 is 0 Å². The Morgan fingerprint density at radius 1 is 1.40 bits per heavy atom. The Kier molecular flexibility index (Phi) is 4.00. The number of aryl methyl sites for hydroxylation is 1. The van der Waals surface area contributed by atoms with E-state index in [9.17, 15) is 4.79 Å². The molecule has 1 saturated heterocycles. The molecule has 0 aromatic carbocycles. The third-order valence-electron chi connectivity index (χ3n) is 4.50. The van der Waals surface area contributed by atoms with Crippen LogP contribution in [0.2, 0.25) is 0 Å². The number of piperidine rings is 1. The van der Waals surface area contributed by atoms with Crippen molar-refractivity contribution < 1.29 is 4.79 Å². The van der Waals surface area contributed by atoms with E-state index in [1.807, 2.05) is 11.6 Å². The van der Waals surface area contributed by atoms with Gasteiger partial charge in [0.25, 0.3) is 0 Å². The minimum absolute atomic E-state index is 0.266. The second-order valence-corrected chi connectivity index (χ2v) is 6.07. The van der Waals surface area contributed by atoms with Gasteiger partial charge < -0.3 is 9.88 Å². The van der Waals surface area contributed by atoms with Crippen LogP contribution in [-0.2, 0) is 18.4 Å². The summed E-state index contributed by atoms with van der Waals surface area (Å²) in [5, 5.41) is 11.3. The molecule has 1 aromatic heterocycles. The number of carbonyl (C=O) groups excluding carboxylic acids is 1. The van der Waals surface area contributed by atoms with Gasteiger partial charge in [-0.3, -0.25) is 9.69 Å². The summed E-state index contributed by atoms with van der Waals surface area (Å²) in [5.41, 5.74) is 0. The Morgan fingerprint density at radius 3 is 2.90 bits per heavy atom. The van der Waals surface area contributed by atoms with Gasteiger partial charge >= 0.3 is 0 Å². The third kappa shape index (κ3) is 3.00. The number of hydrogen-bond acceptors (Lipinski definition) is 4. The summed E-state index contributed by atoms with van der Waals surface area (Å²) in [5.74, 6) is 1.53. The number of carbonyl (C=O) groups is 1. The largest absolute Gasteiger partial charge is 0.352 e. The molecule has 1 atom stereocenters. The van der Waals surface area contributed by atoms with Crippen LogP contribution in [0.1, 0.15) is 37.9 Å². The molecule has 1 aromatic rings. The summed E-state index contributed by atoms with van der Waals surface area (Å²) in [4.78, 5) is 14.4. The van der Waals surface area contributed by atoms with E-state index in [2.05, 4.69) is 20.4 Å². The van der Waals surface area contributed by atoms with E-state index in [-0.39, 0.29) is 11.8 Å². The first-order chi connectivity index (χ1) is 9.72. The zero-order valence-corrected chi connectivity index (χ0v) is 12.1. The molecule has 1 aliphatic heterocycles. The normalized spacial score (nSPS) is 24.4. The van der Waals surface area contributed by atoms with Gasteiger partial charge in [0.2, 0.25) is 5.91 Å². The second kappa shape index (κ2) is 5.91. The zero-order valence-electron chi connectivity index (χ0n) is 12.1. The van der Waals surface area contributed by atoms with E-state index in [0.29, 0.717) is 6.04 Å². The summed E-state index contributed by atoms with van der Waals surface area (Å²) < 4.78 is 1.95. The molecule has 3 rings (SSSR count). The molecule has 6 nitrogen and oxygen atoms in total. The average molecular weight is 277 g/mol. The van der Waals surface area contributed by atoms with Crippen molar-refractivity contribution in [2.75, 3.05) is 13.1 Å². The van der Waals surface area contributed by atoms with Crippen LogP contribution in [0, 0.1) is 5.92 Å². The molecule has 1 saturated carbocycles. The maximum absolute atomic E-state index is 12.0. The van der Waals surface area contributed by atoms with E-state index in [1.165, 1.54) is 6.42 Å². The smallest absolute Gasteiger partial charge is 0.223 e. The SMILES string of the molecule is Cn1cnnc1CN1CCCC(NC(=O)C2CCC2)C1. The van der Waals surface area contributed by atoms with Crippen molar-refractivity contribution >= 4 is 5.91 Å². The molecule has 1 unspecified atom stereocenters. The van der Waals surface area contributed by atoms with Gasteiger partial charge in [0.15, 0.2) is 0 Å². The lowest BCUT2D eigenvalue weighted by Crippen LogP contribution is -2.49. The minimum atomic E-state index is 0.266. The van der Waals surface area contributed by atoms with E-state index >= 15 is 0 Å². The Labute approximate surface area is 119 Å². The van der Waals surface area contributed by atoms with Crippen molar-refractivity contribution in [3.63, 3.8) is 0 Å². The summed E-state index contributed by atoms with van der Waals surface area (Å²) >= 11 is 0. The highest BCUT2D eigenvalue weighted by molar-refractivity contribution is 5.79. The summed E-state index contributed by atoms with van der Waals surface area (Å²) in [7, 11) is 1.97. The van der Waals surface area contributed by atoms with Gasteiger partial charge in [-0.2, -0.15) is 0 Å². The first-order valence-corrected chi connectivity index (χ1v) is 7.58. The minimum Gasteiger partial charge on any atom is -0.352 e. The van der Waals surface area contributed by atoms with Crippen LogP contribution in [0.15, 0.2) is 6.33 Å². The Hall–Kier alpha value is -1.43. The van der Waals surface area contributed by atoms with Crippen LogP contribution in [0.3, 0.4) is 0 Å².